The molecule has 1 saturated heterocycles. The summed E-state index contributed by atoms with van der Waals surface area (Å²) in [6, 6.07) is 12.5. The molecular weight excluding hydrogens is 352 g/mol. The van der Waals surface area contributed by atoms with Crippen molar-refractivity contribution in [1.82, 2.24) is 4.90 Å². The van der Waals surface area contributed by atoms with Gasteiger partial charge in [-0.25, -0.2) is 0 Å². The van der Waals surface area contributed by atoms with Crippen LogP contribution in [0.5, 0.6) is 5.75 Å². The Morgan fingerprint density at radius 3 is 2.69 bits per heavy atom. The number of ether oxygens (including phenoxy) is 1. The Morgan fingerprint density at radius 1 is 1.23 bits per heavy atom. The fraction of sp³-hybridized carbons (Fsp3) is 0.300. The highest BCUT2D eigenvalue weighted by Gasteiger charge is 2.34. The smallest absolute Gasteiger partial charge is 0.258 e. The number of piperazine rings is 1. The molecule has 1 atom stereocenters. The van der Waals surface area contributed by atoms with Crippen LogP contribution in [0.1, 0.15) is 22.8 Å². The van der Waals surface area contributed by atoms with Crippen LogP contribution in [-0.4, -0.2) is 43.0 Å². The zero-order valence-electron chi connectivity index (χ0n) is 15.0. The molecule has 0 aliphatic carbocycles. The SMILES string of the molecule is COc1ccc(C)cc1C(=O)N1CC(=O)N(c2cccc(Cl)c2)CC1C. The van der Waals surface area contributed by atoms with Crippen molar-refractivity contribution in [2.45, 2.75) is 19.9 Å². The molecule has 6 heteroatoms. The first-order valence-corrected chi connectivity index (χ1v) is 8.80. The van der Waals surface area contributed by atoms with Gasteiger partial charge in [0.05, 0.1) is 12.7 Å². The van der Waals surface area contributed by atoms with Gasteiger partial charge in [0.1, 0.15) is 12.3 Å². The van der Waals surface area contributed by atoms with E-state index in [1.54, 1.807) is 34.1 Å². The molecule has 2 aromatic carbocycles. The summed E-state index contributed by atoms with van der Waals surface area (Å²) in [6.45, 7) is 4.29. The van der Waals surface area contributed by atoms with E-state index >= 15 is 0 Å². The number of nitrogens with zero attached hydrogens (tertiary/aromatic N) is 2. The number of aryl methyl sites for hydroxylation is 1. The van der Waals surface area contributed by atoms with Gasteiger partial charge < -0.3 is 14.5 Å². The van der Waals surface area contributed by atoms with Crippen LogP contribution >= 0.6 is 11.6 Å². The van der Waals surface area contributed by atoms with Crippen molar-refractivity contribution in [3.63, 3.8) is 0 Å². The van der Waals surface area contributed by atoms with Crippen molar-refractivity contribution in [2.24, 2.45) is 0 Å². The van der Waals surface area contributed by atoms with Crippen LogP contribution in [0.3, 0.4) is 0 Å². The number of methoxy groups -OCH3 is 1. The number of hydrogen-bond donors (Lipinski definition) is 0. The van der Waals surface area contributed by atoms with Crippen molar-refractivity contribution in [3.8, 4) is 5.75 Å². The summed E-state index contributed by atoms with van der Waals surface area (Å²) in [6.07, 6.45) is 0. The van der Waals surface area contributed by atoms with Crippen molar-refractivity contribution in [1.29, 1.82) is 0 Å². The zero-order chi connectivity index (χ0) is 18.8. The highest BCUT2D eigenvalue weighted by atomic mass is 35.5. The van der Waals surface area contributed by atoms with Gasteiger partial charge in [0, 0.05) is 23.3 Å². The Bertz CT molecular complexity index is 853. The van der Waals surface area contributed by atoms with E-state index in [0.29, 0.717) is 22.9 Å². The summed E-state index contributed by atoms with van der Waals surface area (Å²) >= 11 is 6.04. The molecule has 1 fully saturated rings. The highest BCUT2D eigenvalue weighted by Crippen LogP contribution is 2.26. The minimum absolute atomic E-state index is 0.0175. The topological polar surface area (TPSA) is 49.9 Å². The maximum atomic E-state index is 13.0. The van der Waals surface area contributed by atoms with Crippen LogP contribution in [0, 0.1) is 6.92 Å². The Kier molecular flexibility index (Phi) is 5.18. The quantitative estimate of drug-likeness (QED) is 0.828. The molecule has 136 valence electrons. The molecule has 0 aromatic heterocycles. The predicted octanol–water partition coefficient (Wildman–Crippen LogP) is 3.53. The monoisotopic (exact) mass is 372 g/mol. The Balaban J connectivity index is 1.85. The highest BCUT2D eigenvalue weighted by molar-refractivity contribution is 6.30. The molecule has 0 spiro atoms. The van der Waals surface area contributed by atoms with Gasteiger partial charge in [-0.2, -0.15) is 0 Å². The van der Waals surface area contributed by atoms with Gasteiger partial charge in [0.15, 0.2) is 0 Å². The third kappa shape index (κ3) is 3.53. The summed E-state index contributed by atoms with van der Waals surface area (Å²) in [5.41, 5.74) is 2.18. The first-order chi connectivity index (χ1) is 12.4. The average molecular weight is 373 g/mol. The van der Waals surface area contributed by atoms with Crippen molar-refractivity contribution in [2.75, 3.05) is 25.1 Å². The minimum atomic E-state index is -0.197. The van der Waals surface area contributed by atoms with E-state index in [1.807, 2.05) is 32.0 Å². The number of benzene rings is 2. The molecule has 2 amide bonds. The lowest BCUT2D eigenvalue weighted by molar-refractivity contribution is -0.121. The van der Waals surface area contributed by atoms with E-state index in [9.17, 15) is 9.59 Å². The molecule has 1 aliphatic heterocycles. The molecular formula is C20H21ClN2O3. The minimum Gasteiger partial charge on any atom is -0.496 e. The maximum absolute atomic E-state index is 13.0. The normalized spacial score (nSPS) is 17.4. The third-order valence-electron chi connectivity index (χ3n) is 4.55. The van der Waals surface area contributed by atoms with Crippen molar-refractivity contribution < 1.29 is 14.3 Å². The molecule has 5 nitrogen and oxygen atoms in total. The van der Waals surface area contributed by atoms with Crippen molar-refractivity contribution >= 4 is 29.1 Å². The van der Waals surface area contributed by atoms with E-state index in [4.69, 9.17) is 16.3 Å². The van der Waals surface area contributed by atoms with Crippen LogP contribution in [0.15, 0.2) is 42.5 Å². The number of amides is 2. The fourth-order valence-electron chi connectivity index (χ4n) is 3.16. The second-order valence-electron chi connectivity index (χ2n) is 6.47. The molecule has 2 aromatic rings. The molecule has 0 saturated carbocycles. The molecule has 26 heavy (non-hydrogen) atoms. The van der Waals surface area contributed by atoms with E-state index < -0.39 is 0 Å². The molecule has 3 rings (SSSR count). The predicted molar refractivity (Wildman–Crippen MR) is 102 cm³/mol. The number of carbonyl (C=O) groups excluding carboxylic acids is 2. The lowest BCUT2D eigenvalue weighted by atomic mass is 10.1. The van der Waals surface area contributed by atoms with Crippen LogP contribution in [0.2, 0.25) is 5.02 Å². The average Bonchev–Trinajstić information content (AvgIpc) is 2.62. The number of carbonyl (C=O) groups is 2. The van der Waals surface area contributed by atoms with Gasteiger partial charge in [0.25, 0.3) is 5.91 Å². The Hall–Kier alpha value is -2.53. The standard InChI is InChI=1S/C20H21ClN2O3/c1-13-7-8-18(26-3)17(9-13)20(25)22-12-19(24)23(11-14(22)2)16-6-4-5-15(21)10-16/h4-10,14H,11-12H2,1-3H3. The van der Waals surface area contributed by atoms with Crippen LogP contribution in [-0.2, 0) is 4.79 Å². The lowest BCUT2D eigenvalue weighted by Crippen LogP contribution is -2.57. The summed E-state index contributed by atoms with van der Waals surface area (Å²) in [5.74, 6) is 0.181. The maximum Gasteiger partial charge on any atom is 0.258 e. The number of hydrogen-bond acceptors (Lipinski definition) is 3. The van der Waals surface area contributed by atoms with E-state index in [1.165, 1.54) is 7.11 Å². The molecule has 0 radical (unpaired) electrons. The molecule has 0 bridgehead atoms. The van der Waals surface area contributed by atoms with E-state index in [-0.39, 0.29) is 24.4 Å². The lowest BCUT2D eigenvalue weighted by Gasteiger charge is -2.39. The van der Waals surface area contributed by atoms with E-state index in [0.717, 1.165) is 11.3 Å². The van der Waals surface area contributed by atoms with Crippen LogP contribution in [0.25, 0.3) is 0 Å². The second-order valence-corrected chi connectivity index (χ2v) is 6.91. The van der Waals surface area contributed by atoms with Gasteiger partial charge in [-0.15, -0.1) is 0 Å². The Morgan fingerprint density at radius 2 is 2.00 bits per heavy atom. The Labute approximate surface area is 158 Å². The summed E-state index contributed by atoms with van der Waals surface area (Å²) in [5, 5.41) is 0.575. The first-order valence-electron chi connectivity index (χ1n) is 8.42. The molecule has 1 heterocycles. The van der Waals surface area contributed by atoms with Gasteiger partial charge in [-0.05, 0) is 44.2 Å². The van der Waals surface area contributed by atoms with Gasteiger partial charge >= 0.3 is 0 Å². The summed E-state index contributed by atoms with van der Waals surface area (Å²) < 4.78 is 5.32. The zero-order valence-corrected chi connectivity index (χ0v) is 15.8. The fourth-order valence-corrected chi connectivity index (χ4v) is 3.35. The van der Waals surface area contributed by atoms with Gasteiger partial charge in [-0.3, -0.25) is 9.59 Å². The summed E-state index contributed by atoms with van der Waals surface area (Å²) in [4.78, 5) is 29.0. The van der Waals surface area contributed by atoms with Gasteiger partial charge in [0.2, 0.25) is 5.91 Å². The largest absolute Gasteiger partial charge is 0.496 e. The molecule has 1 aliphatic rings. The second kappa shape index (κ2) is 7.38. The number of rotatable bonds is 3. The molecule has 1 unspecified atom stereocenters. The van der Waals surface area contributed by atoms with Crippen LogP contribution < -0.4 is 9.64 Å². The number of anilines is 1. The van der Waals surface area contributed by atoms with Crippen LogP contribution in [0.4, 0.5) is 5.69 Å². The van der Waals surface area contributed by atoms with E-state index in [2.05, 4.69) is 0 Å². The molecule has 0 N–H and O–H groups in total. The third-order valence-corrected chi connectivity index (χ3v) is 4.79. The first kappa shape index (κ1) is 18.3. The number of halogens is 1. The van der Waals surface area contributed by atoms with Gasteiger partial charge in [-0.1, -0.05) is 29.3 Å². The summed E-state index contributed by atoms with van der Waals surface area (Å²) in [7, 11) is 1.53. The van der Waals surface area contributed by atoms with Crippen molar-refractivity contribution in [3.05, 3.63) is 58.6 Å².